The fourth-order valence-corrected chi connectivity index (χ4v) is 3.77. The molecule has 26 heavy (non-hydrogen) atoms. The van der Waals surface area contributed by atoms with Crippen molar-refractivity contribution in [2.75, 3.05) is 25.1 Å². The summed E-state index contributed by atoms with van der Waals surface area (Å²) < 4.78 is 5.37. The minimum atomic E-state index is -0.120. The number of amides is 1. The maximum Gasteiger partial charge on any atom is 0.257 e. The highest BCUT2D eigenvalue weighted by Gasteiger charge is 2.26. The van der Waals surface area contributed by atoms with Gasteiger partial charge in [-0.3, -0.25) is 4.79 Å². The van der Waals surface area contributed by atoms with Crippen LogP contribution in [0, 0.1) is 0 Å². The molecule has 136 valence electrons. The highest BCUT2D eigenvalue weighted by atomic mass is 16.5. The average Bonchev–Trinajstić information content (AvgIpc) is 3.15. The Bertz CT molecular complexity index is 796. The highest BCUT2D eigenvalue weighted by molar-refractivity contribution is 5.97. The van der Waals surface area contributed by atoms with Gasteiger partial charge in [-0.2, -0.15) is 0 Å². The molecule has 2 aliphatic rings. The van der Waals surface area contributed by atoms with Crippen LogP contribution in [0.4, 0.5) is 5.95 Å². The number of hydrogen-bond acceptors (Lipinski definition) is 6. The SMILES string of the molecule is COc1nc2c(cc1C(=O)NC1CCCN(c3ncccn3)C1)CCC2. The van der Waals surface area contributed by atoms with Gasteiger partial charge >= 0.3 is 0 Å². The van der Waals surface area contributed by atoms with Gasteiger partial charge in [-0.05, 0) is 49.8 Å². The normalized spacial score (nSPS) is 19.1. The summed E-state index contributed by atoms with van der Waals surface area (Å²) in [5.41, 5.74) is 2.75. The molecule has 4 rings (SSSR count). The summed E-state index contributed by atoms with van der Waals surface area (Å²) in [5, 5.41) is 3.14. The van der Waals surface area contributed by atoms with E-state index in [0.717, 1.165) is 44.3 Å². The highest BCUT2D eigenvalue weighted by Crippen LogP contribution is 2.27. The van der Waals surface area contributed by atoms with E-state index in [2.05, 4.69) is 25.2 Å². The summed E-state index contributed by atoms with van der Waals surface area (Å²) >= 11 is 0. The third kappa shape index (κ3) is 3.34. The van der Waals surface area contributed by atoms with Crippen LogP contribution >= 0.6 is 0 Å². The molecule has 3 heterocycles. The molecular formula is C19H23N5O2. The van der Waals surface area contributed by atoms with Crippen molar-refractivity contribution in [2.24, 2.45) is 0 Å². The van der Waals surface area contributed by atoms with E-state index in [0.29, 0.717) is 23.9 Å². The predicted molar refractivity (Wildman–Crippen MR) is 97.5 cm³/mol. The van der Waals surface area contributed by atoms with Gasteiger partial charge in [0.25, 0.3) is 5.91 Å². The fraction of sp³-hybridized carbons (Fsp3) is 0.474. The van der Waals surface area contributed by atoms with Crippen LogP contribution in [0.1, 0.15) is 40.9 Å². The number of nitrogens with one attached hydrogen (secondary N) is 1. The summed E-state index contributed by atoms with van der Waals surface area (Å²) in [6.45, 7) is 1.61. The van der Waals surface area contributed by atoms with Crippen molar-refractivity contribution < 1.29 is 9.53 Å². The van der Waals surface area contributed by atoms with Crippen LogP contribution < -0.4 is 15.0 Å². The second-order valence-electron chi connectivity index (χ2n) is 6.81. The molecule has 0 radical (unpaired) electrons. The van der Waals surface area contributed by atoms with Crippen LogP contribution in [0.2, 0.25) is 0 Å². The number of rotatable bonds is 4. The molecule has 1 aliphatic heterocycles. The van der Waals surface area contributed by atoms with Gasteiger partial charge in [0.2, 0.25) is 11.8 Å². The quantitative estimate of drug-likeness (QED) is 0.902. The van der Waals surface area contributed by atoms with E-state index in [-0.39, 0.29) is 11.9 Å². The minimum absolute atomic E-state index is 0.0537. The van der Waals surface area contributed by atoms with Gasteiger partial charge in [0.1, 0.15) is 5.56 Å². The van der Waals surface area contributed by atoms with Crippen LogP contribution in [-0.4, -0.2) is 47.1 Å². The first-order chi connectivity index (χ1) is 12.7. The molecule has 7 nitrogen and oxygen atoms in total. The smallest absolute Gasteiger partial charge is 0.257 e. The van der Waals surface area contributed by atoms with Crippen molar-refractivity contribution in [2.45, 2.75) is 38.1 Å². The van der Waals surface area contributed by atoms with E-state index in [9.17, 15) is 4.79 Å². The second kappa shape index (κ2) is 7.27. The summed E-state index contributed by atoms with van der Waals surface area (Å²) in [6.07, 6.45) is 8.44. The number of carbonyl (C=O) groups excluding carboxylic acids is 1. The van der Waals surface area contributed by atoms with Gasteiger partial charge in [-0.25, -0.2) is 15.0 Å². The van der Waals surface area contributed by atoms with E-state index in [4.69, 9.17) is 4.74 Å². The van der Waals surface area contributed by atoms with Gasteiger partial charge in [0, 0.05) is 37.2 Å². The topological polar surface area (TPSA) is 80.2 Å². The lowest BCUT2D eigenvalue weighted by atomic mass is 10.0. The molecule has 1 fully saturated rings. The number of carbonyl (C=O) groups is 1. The molecule has 1 unspecified atom stereocenters. The number of fused-ring (bicyclic) bond motifs is 1. The lowest BCUT2D eigenvalue weighted by Gasteiger charge is -2.33. The number of nitrogens with zero attached hydrogens (tertiary/aromatic N) is 4. The Morgan fingerprint density at radius 3 is 2.92 bits per heavy atom. The monoisotopic (exact) mass is 353 g/mol. The van der Waals surface area contributed by atoms with Gasteiger partial charge < -0.3 is 15.0 Å². The molecule has 0 saturated carbocycles. The molecule has 2 aromatic rings. The first kappa shape index (κ1) is 16.8. The first-order valence-corrected chi connectivity index (χ1v) is 9.14. The molecule has 1 atom stereocenters. The molecular weight excluding hydrogens is 330 g/mol. The van der Waals surface area contributed by atoms with Crippen LogP contribution in [0.15, 0.2) is 24.5 Å². The van der Waals surface area contributed by atoms with Gasteiger partial charge in [0.15, 0.2) is 0 Å². The summed E-state index contributed by atoms with van der Waals surface area (Å²) in [6, 6.07) is 3.81. The van der Waals surface area contributed by atoms with Crippen molar-refractivity contribution in [1.29, 1.82) is 0 Å². The van der Waals surface area contributed by atoms with Crippen LogP contribution in [0.25, 0.3) is 0 Å². The number of ether oxygens (including phenoxy) is 1. The zero-order valence-electron chi connectivity index (χ0n) is 14.9. The van der Waals surface area contributed by atoms with E-state index in [1.54, 1.807) is 25.6 Å². The molecule has 0 bridgehead atoms. The predicted octanol–water partition coefficient (Wildman–Crippen LogP) is 1.77. The molecule has 7 heteroatoms. The fourth-order valence-electron chi connectivity index (χ4n) is 3.77. The third-order valence-corrected chi connectivity index (χ3v) is 5.05. The minimum Gasteiger partial charge on any atom is -0.480 e. The van der Waals surface area contributed by atoms with E-state index < -0.39 is 0 Å². The Morgan fingerprint density at radius 1 is 1.27 bits per heavy atom. The van der Waals surface area contributed by atoms with Crippen LogP contribution in [0.3, 0.4) is 0 Å². The van der Waals surface area contributed by atoms with Crippen molar-refractivity contribution in [3.8, 4) is 5.88 Å². The van der Waals surface area contributed by atoms with Crippen molar-refractivity contribution in [3.63, 3.8) is 0 Å². The van der Waals surface area contributed by atoms with Crippen LogP contribution in [0.5, 0.6) is 5.88 Å². The zero-order valence-corrected chi connectivity index (χ0v) is 14.9. The summed E-state index contributed by atoms with van der Waals surface area (Å²) in [5.74, 6) is 1.01. The van der Waals surface area contributed by atoms with Crippen LogP contribution in [-0.2, 0) is 12.8 Å². The average molecular weight is 353 g/mol. The van der Waals surface area contributed by atoms with Gasteiger partial charge in [-0.1, -0.05) is 0 Å². The number of pyridine rings is 1. The second-order valence-corrected chi connectivity index (χ2v) is 6.81. The lowest BCUT2D eigenvalue weighted by molar-refractivity contribution is 0.0929. The number of aromatic nitrogens is 3. The maximum atomic E-state index is 12.9. The third-order valence-electron chi connectivity index (χ3n) is 5.05. The molecule has 1 N–H and O–H groups in total. The summed E-state index contributed by atoms with van der Waals surface area (Å²) in [7, 11) is 1.57. The first-order valence-electron chi connectivity index (χ1n) is 9.14. The van der Waals surface area contributed by atoms with E-state index >= 15 is 0 Å². The Morgan fingerprint density at radius 2 is 2.12 bits per heavy atom. The van der Waals surface area contributed by atoms with Crippen molar-refractivity contribution in [3.05, 3.63) is 41.3 Å². The molecule has 0 aromatic carbocycles. The molecule has 1 amide bonds. The molecule has 1 aliphatic carbocycles. The lowest BCUT2D eigenvalue weighted by Crippen LogP contribution is -2.48. The van der Waals surface area contributed by atoms with Gasteiger partial charge in [-0.15, -0.1) is 0 Å². The van der Waals surface area contributed by atoms with Crippen molar-refractivity contribution in [1.82, 2.24) is 20.3 Å². The number of piperidine rings is 1. The molecule has 2 aromatic heterocycles. The number of methoxy groups -OCH3 is 1. The molecule has 0 spiro atoms. The number of hydrogen-bond donors (Lipinski definition) is 1. The van der Waals surface area contributed by atoms with Gasteiger partial charge in [0.05, 0.1) is 7.11 Å². The largest absolute Gasteiger partial charge is 0.480 e. The Labute approximate surface area is 152 Å². The summed E-state index contributed by atoms with van der Waals surface area (Å²) in [4.78, 5) is 28.1. The maximum absolute atomic E-state index is 12.9. The standard InChI is InChI=1S/C19H23N5O2/c1-26-18-15(11-13-5-2-7-16(13)23-18)17(25)22-14-6-3-10-24(12-14)19-20-8-4-9-21-19/h4,8-9,11,14H,2-3,5-7,10,12H2,1H3,(H,22,25). The number of aryl methyl sites for hydroxylation is 2. The van der Waals surface area contributed by atoms with E-state index in [1.165, 1.54) is 5.56 Å². The Kier molecular flexibility index (Phi) is 4.69. The molecule has 1 saturated heterocycles. The van der Waals surface area contributed by atoms with E-state index in [1.807, 2.05) is 6.07 Å². The zero-order chi connectivity index (χ0) is 17.9. The van der Waals surface area contributed by atoms with Crippen molar-refractivity contribution >= 4 is 11.9 Å². The Hall–Kier alpha value is -2.70. The Balaban J connectivity index is 1.48. The number of anilines is 1.